The molecule has 0 spiro atoms. The number of benzene rings is 2. The molecular formula is C23H27NO5. The van der Waals surface area contributed by atoms with Crippen molar-refractivity contribution in [1.29, 1.82) is 0 Å². The summed E-state index contributed by atoms with van der Waals surface area (Å²) in [6.45, 7) is 7.19. The SMILES string of the molecule is Cc1c(C)c2c(c(C)c1O)CC[C@@](C)(C(=O)N[C@@H](Cc1ccccc1)C(=O)O)O2. The fourth-order valence-corrected chi connectivity index (χ4v) is 3.77. The van der Waals surface area contributed by atoms with Crippen LogP contribution in [0.2, 0.25) is 0 Å². The van der Waals surface area contributed by atoms with E-state index in [2.05, 4.69) is 5.32 Å². The topological polar surface area (TPSA) is 95.9 Å². The van der Waals surface area contributed by atoms with E-state index in [-0.39, 0.29) is 12.2 Å². The zero-order chi connectivity index (χ0) is 21.3. The average molecular weight is 397 g/mol. The van der Waals surface area contributed by atoms with E-state index in [1.54, 1.807) is 6.92 Å². The normalized spacial score (nSPS) is 19.0. The van der Waals surface area contributed by atoms with Gasteiger partial charge in [-0.2, -0.15) is 0 Å². The fourth-order valence-electron chi connectivity index (χ4n) is 3.77. The van der Waals surface area contributed by atoms with E-state index in [9.17, 15) is 19.8 Å². The maximum Gasteiger partial charge on any atom is 0.326 e. The summed E-state index contributed by atoms with van der Waals surface area (Å²) in [5, 5.41) is 22.5. The first-order chi connectivity index (χ1) is 13.6. The van der Waals surface area contributed by atoms with Crippen molar-refractivity contribution in [1.82, 2.24) is 5.32 Å². The molecule has 6 heteroatoms. The summed E-state index contributed by atoms with van der Waals surface area (Å²) in [6.07, 6.45) is 1.15. The van der Waals surface area contributed by atoms with E-state index in [1.807, 2.05) is 51.1 Å². The number of ether oxygens (including phenoxy) is 1. The highest BCUT2D eigenvalue weighted by Crippen LogP contribution is 2.43. The van der Waals surface area contributed by atoms with E-state index in [4.69, 9.17) is 4.74 Å². The highest BCUT2D eigenvalue weighted by atomic mass is 16.5. The van der Waals surface area contributed by atoms with Crippen LogP contribution in [0.25, 0.3) is 0 Å². The third-order valence-corrected chi connectivity index (χ3v) is 5.89. The van der Waals surface area contributed by atoms with Crippen molar-refractivity contribution in [3.05, 3.63) is 58.1 Å². The largest absolute Gasteiger partial charge is 0.507 e. The van der Waals surface area contributed by atoms with Crippen molar-refractivity contribution in [2.45, 2.75) is 58.6 Å². The first kappa shape index (κ1) is 20.7. The summed E-state index contributed by atoms with van der Waals surface area (Å²) in [7, 11) is 0. The lowest BCUT2D eigenvalue weighted by Crippen LogP contribution is -2.55. The van der Waals surface area contributed by atoms with Gasteiger partial charge in [0.25, 0.3) is 5.91 Å². The second-order valence-electron chi connectivity index (χ2n) is 7.92. The maximum absolute atomic E-state index is 13.0. The van der Waals surface area contributed by atoms with Crippen LogP contribution in [0.5, 0.6) is 11.5 Å². The molecule has 154 valence electrons. The van der Waals surface area contributed by atoms with Gasteiger partial charge < -0.3 is 20.3 Å². The molecule has 0 fully saturated rings. The molecule has 0 aromatic heterocycles. The summed E-state index contributed by atoms with van der Waals surface area (Å²) < 4.78 is 6.14. The molecule has 1 amide bonds. The molecule has 0 saturated carbocycles. The number of carboxylic acid groups (broad SMARTS) is 1. The quantitative estimate of drug-likeness (QED) is 0.720. The summed E-state index contributed by atoms with van der Waals surface area (Å²) in [6, 6.07) is 8.15. The number of fused-ring (bicyclic) bond motifs is 1. The third-order valence-electron chi connectivity index (χ3n) is 5.89. The molecule has 0 aliphatic carbocycles. The van der Waals surface area contributed by atoms with E-state index in [0.717, 1.165) is 27.8 Å². The molecule has 29 heavy (non-hydrogen) atoms. The summed E-state index contributed by atoms with van der Waals surface area (Å²) in [4.78, 5) is 24.8. The van der Waals surface area contributed by atoms with Gasteiger partial charge in [0, 0.05) is 18.4 Å². The van der Waals surface area contributed by atoms with Crippen molar-refractivity contribution >= 4 is 11.9 Å². The van der Waals surface area contributed by atoms with Gasteiger partial charge in [-0.15, -0.1) is 0 Å². The Balaban J connectivity index is 1.83. The van der Waals surface area contributed by atoms with Gasteiger partial charge >= 0.3 is 5.97 Å². The number of hydrogen-bond donors (Lipinski definition) is 3. The smallest absolute Gasteiger partial charge is 0.326 e. The number of carbonyl (C=O) groups excluding carboxylic acids is 1. The first-order valence-corrected chi connectivity index (χ1v) is 9.72. The van der Waals surface area contributed by atoms with Crippen LogP contribution in [0.15, 0.2) is 30.3 Å². The van der Waals surface area contributed by atoms with Crippen LogP contribution in [-0.2, 0) is 22.4 Å². The van der Waals surface area contributed by atoms with Crippen LogP contribution in [0.3, 0.4) is 0 Å². The van der Waals surface area contributed by atoms with Gasteiger partial charge in [0.05, 0.1) is 0 Å². The zero-order valence-corrected chi connectivity index (χ0v) is 17.2. The van der Waals surface area contributed by atoms with Gasteiger partial charge in [-0.05, 0) is 56.4 Å². The molecule has 3 rings (SSSR count). The molecule has 0 bridgehead atoms. The standard InChI is InChI=1S/C23H27NO5/c1-13-14(2)20-17(15(3)19(13)25)10-11-23(4,29-20)22(28)24-18(21(26)27)12-16-8-6-5-7-9-16/h5-9,18,25H,10-12H2,1-4H3,(H,24,28)(H,26,27)/t18-,23-/m0/s1. The second-order valence-corrected chi connectivity index (χ2v) is 7.92. The van der Waals surface area contributed by atoms with E-state index in [0.29, 0.717) is 18.6 Å². The van der Waals surface area contributed by atoms with Gasteiger partial charge in [0.2, 0.25) is 0 Å². The number of phenols is 1. The Morgan fingerprint density at radius 3 is 2.41 bits per heavy atom. The molecule has 2 atom stereocenters. The summed E-state index contributed by atoms with van der Waals surface area (Å²) >= 11 is 0. The minimum absolute atomic E-state index is 0.194. The molecule has 6 nitrogen and oxygen atoms in total. The number of phenolic OH excluding ortho intramolecular Hbond substituents is 1. The van der Waals surface area contributed by atoms with Crippen LogP contribution in [-0.4, -0.2) is 33.7 Å². The Bertz CT molecular complexity index is 954. The van der Waals surface area contributed by atoms with Crippen molar-refractivity contribution in [2.75, 3.05) is 0 Å². The Morgan fingerprint density at radius 1 is 1.14 bits per heavy atom. The lowest BCUT2D eigenvalue weighted by molar-refractivity contribution is -0.146. The number of hydrogen-bond acceptors (Lipinski definition) is 4. The minimum Gasteiger partial charge on any atom is -0.507 e. The number of aliphatic carboxylic acids is 1. The van der Waals surface area contributed by atoms with Crippen LogP contribution < -0.4 is 10.1 Å². The molecule has 2 aromatic rings. The van der Waals surface area contributed by atoms with Gasteiger partial charge in [-0.1, -0.05) is 30.3 Å². The number of rotatable bonds is 5. The number of amides is 1. The van der Waals surface area contributed by atoms with Crippen LogP contribution in [0.4, 0.5) is 0 Å². The molecule has 0 saturated heterocycles. The molecular weight excluding hydrogens is 370 g/mol. The highest BCUT2D eigenvalue weighted by Gasteiger charge is 2.42. The van der Waals surface area contributed by atoms with Crippen molar-refractivity contribution in [3.63, 3.8) is 0 Å². The Hall–Kier alpha value is -3.02. The molecule has 3 N–H and O–H groups in total. The predicted octanol–water partition coefficient (Wildman–Crippen LogP) is 3.21. The van der Waals surface area contributed by atoms with Crippen molar-refractivity contribution in [2.24, 2.45) is 0 Å². The highest BCUT2D eigenvalue weighted by molar-refractivity contribution is 5.90. The number of carbonyl (C=O) groups is 2. The predicted molar refractivity (Wildman–Crippen MR) is 109 cm³/mol. The minimum atomic E-state index is -1.18. The van der Waals surface area contributed by atoms with Gasteiger partial charge in [0.1, 0.15) is 17.5 Å². The summed E-state index contributed by atoms with van der Waals surface area (Å²) in [5.74, 6) is -0.674. The summed E-state index contributed by atoms with van der Waals surface area (Å²) in [5.41, 5.74) is 2.82. The van der Waals surface area contributed by atoms with Crippen molar-refractivity contribution in [3.8, 4) is 11.5 Å². The molecule has 1 heterocycles. The Morgan fingerprint density at radius 2 is 1.79 bits per heavy atom. The monoisotopic (exact) mass is 397 g/mol. The molecule has 1 aliphatic heterocycles. The van der Waals surface area contributed by atoms with Crippen LogP contribution in [0, 0.1) is 20.8 Å². The fraction of sp³-hybridized carbons (Fsp3) is 0.391. The molecule has 2 aromatic carbocycles. The number of nitrogens with one attached hydrogen (secondary N) is 1. The lowest BCUT2D eigenvalue weighted by atomic mass is 9.86. The second kappa shape index (κ2) is 7.78. The molecule has 1 aliphatic rings. The van der Waals surface area contributed by atoms with Crippen LogP contribution in [0.1, 0.15) is 41.2 Å². The number of carboxylic acids is 1. The third kappa shape index (κ3) is 3.92. The van der Waals surface area contributed by atoms with Crippen LogP contribution >= 0.6 is 0 Å². The molecule has 0 unspecified atom stereocenters. The van der Waals surface area contributed by atoms with Gasteiger partial charge in [0.15, 0.2) is 5.60 Å². The van der Waals surface area contributed by atoms with Gasteiger partial charge in [-0.25, -0.2) is 4.79 Å². The van der Waals surface area contributed by atoms with E-state index >= 15 is 0 Å². The zero-order valence-electron chi connectivity index (χ0n) is 17.2. The van der Waals surface area contributed by atoms with E-state index < -0.39 is 23.5 Å². The van der Waals surface area contributed by atoms with E-state index in [1.165, 1.54) is 0 Å². The lowest BCUT2D eigenvalue weighted by Gasteiger charge is -2.37. The Kier molecular flexibility index (Phi) is 5.55. The Labute approximate surface area is 170 Å². The first-order valence-electron chi connectivity index (χ1n) is 9.72. The maximum atomic E-state index is 13.0. The molecule has 0 radical (unpaired) electrons. The number of aromatic hydroxyl groups is 1. The van der Waals surface area contributed by atoms with Gasteiger partial charge in [-0.3, -0.25) is 4.79 Å². The van der Waals surface area contributed by atoms with Crippen molar-refractivity contribution < 1.29 is 24.5 Å². The average Bonchev–Trinajstić information content (AvgIpc) is 2.70.